The number of para-hydroxylation sites is 1. The minimum absolute atomic E-state index is 0.0330. The summed E-state index contributed by atoms with van der Waals surface area (Å²) >= 11 is 0. The van der Waals surface area contributed by atoms with Gasteiger partial charge in [0.1, 0.15) is 24.2 Å². The lowest BCUT2D eigenvalue weighted by molar-refractivity contribution is -0.139. The van der Waals surface area contributed by atoms with Gasteiger partial charge in [0.05, 0.1) is 6.42 Å². The number of aliphatic carboxylic acids is 2. The fourth-order valence-corrected chi connectivity index (χ4v) is 6.77. The Labute approximate surface area is 389 Å². The van der Waals surface area contributed by atoms with Crippen LogP contribution < -0.4 is 43.0 Å². The molecule has 67 heavy (non-hydrogen) atoms. The number of pyridine rings is 1. The molecule has 0 fully saturated rings. The molecule has 0 aliphatic heterocycles. The van der Waals surface area contributed by atoms with E-state index in [1.54, 1.807) is 68.7 Å². The first-order valence-corrected chi connectivity index (χ1v) is 22.3. The van der Waals surface area contributed by atoms with Gasteiger partial charge in [0, 0.05) is 49.6 Å². The second kappa shape index (κ2) is 28.5. The topological polar surface area (TPSA) is 317 Å². The van der Waals surface area contributed by atoms with Gasteiger partial charge in [-0.1, -0.05) is 56.7 Å². The summed E-state index contributed by atoms with van der Waals surface area (Å²) in [6, 6.07) is 11.7. The van der Waals surface area contributed by atoms with Crippen LogP contribution in [-0.2, 0) is 51.2 Å². The van der Waals surface area contributed by atoms with Crippen LogP contribution in [0.25, 0.3) is 0 Å². The van der Waals surface area contributed by atoms with Gasteiger partial charge in [-0.05, 0) is 98.7 Å². The Morgan fingerprint density at radius 3 is 1.96 bits per heavy atom. The number of amides is 8. The SMILES string of the molecule is CCC(C)[C@H](NC(=O)[C@H](CCC(=O)O)NC(=O)[C@H](CCCCNC(=O)CCc1cccnc1)NC(=O)Cc1ccc(NC(=O)Nc2ccccc2C)cc1)C(=O)N[C@@H](CCCC(=O)O)C(N)=O. The lowest BCUT2D eigenvalue weighted by Gasteiger charge is -2.28. The summed E-state index contributed by atoms with van der Waals surface area (Å²) in [5.41, 5.74) is 8.91. The predicted octanol–water partition coefficient (Wildman–Crippen LogP) is 3.09. The lowest BCUT2D eigenvalue weighted by Crippen LogP contribution is -2.59. The summed E-state index contributed by atoms with van der Waals surface area (Å²) in [5, 5.41) is 37.2. The number of aryl methyl sites for hydroxylation is 2. The third-order valence-corrected chi connectivity index (χ3v) is 10.8. The molecule has 362 valence electrons. The van der Waals surface area contributed by atoms with Crippen LogP contribution in [0.2, 0.25) is 0 Å². The number of primary amides is 1. The van der Waals surface area contributed by atoms with Gasteiger partial charge in [-0.25, -0.2) is 4.79 Å². The number of unbranched alkanes of at least 4 members (excludes halogenated alkanes) is 1. The number of hydrogen-bond donors (Lipinski definition) is 10. The van der Waals surface area contributed by atoms with Gasteiger partial charge in [-0.15, -0.1) is 0 Å². The highest BCUT2D eigenvalue weighted by molar-refractivity contribution is 6.00. The van der Waals surface area contributed by atoms with E-state index in [9.17, 15) is 48.3 Å². The van der Waals surface area contributed by atoms with Crippen molar-refractivity contribution in [2.75, 3.05) is 17.2 Å². The highest BCUT2D eigenvalue weighted by atomic mass is 16.4. The van der Waals surface area contributed by atoms with Gasteiger partial charge >= 0.3 is 18.0 Å². The normalized spacial score (nSPS) is 13.0. The number of urea groups is 1. The number of nitrogens with zero attached hydrogens (tertiary/aromatic N) is 1. The number of rotatable bonds is 29. The van der Waals surface area contributed by atoms with Crippen molar-refractivity contribution in [2.45, 2.75) is 122 Å². The molecule has 2 aromatic carbocycles. The molecule has 1 aromatic heterocycles. The molecule has 0 bridgehead atoms. The number of carbonyl (C=O) groups excluding carboxylic acids is 7. The van der Waals surface area contributed by atoms with Crippen LogP contribution in [-0.4, -0.2) is 99.3 Å². The van der Waals surface area contributed by atoms with Crippen LogP contribution in [0.3, 0.4) is 0 Å². The van der Waals surface area contributed by atoms with Gasteiger partial charge in [-0.3, -0.25) is 43.3 Å². The van der Waals surface area contributed by atoms with Crippen molar-refractivity contribution in [2.24, 2.45) is 11.7 Å². The lowest BCUT2D eigenvalue weighted by atomic mass is 9.96. The minimum Gasteiger partial charge on any atom is -0.481 e. The second-order valence-electron chi connectivity index (χ2n) is 16.2. The quantitative estimate of drug-likeness (QED) is 0.0449. The molecule has 0 aliphatic carbocycles. The van der Waals surface area contributed by atoms with Crippen LogP contribution in [0, 0.1) is 12.8 Å². The van der Waals surface area contributed by atoms with Crippen molar-refractivity contribution in [3.63, 3.8) is 0 Å². The third kappa shape index (κ3) is 20.6. The predicted molar refractivity (Wildman–Crippen MR) is 248 cm³/mol. The standard InChI is InChI=1S/C47H63N9O11/c1-4-29(2)42(46(66)53-35(43(48)63)15-9-16-40(59)60)56-45(65)37(22-24-41(61)62)54-44(64)36(14-7-8-26-50-38(57)23-19-32-12-10-25-49-28-32)52-39(58)27-31-17-20-33(21-18-31)51-47(67)55-34-13-6-5-11-30(34)3/h5-6,10-13,17-18,20-21,25,28-29,35-37,42H,4,7-9,14-16,19,22-24,26-27H2,1-3H3,(H2,48,63)(H,50,57)(H,52,58)(H,53,66)(H,54,64)(H,56,65)(H,59,60)(H,61,62)(H2,51,55,67)/t29?,35-,36-,37-,42-/m0/s1. The molecule has 0 aliphatic rings. The second-order valence-corrected chi connectivity index (χ2v) is 16.2. The largest absolute Gasteiger partial charge is 0.481 e. The van der Waals surface area contributed by atoms with Crippen molar-refractivity contribution < 1.29 is 53.4 Å². The smallest absolute Gasteiger partial charge is 0.323 e. The number of nitrogens with two attached hydrogens (primary N) is 1. The number of carboxylic acids is 2. The average molecular weight is 930 g/mol. The molecule has 0 spiro atoms. The maximum Gasteiger partial charge on any atom is 0.323 e. The molecule has 0 saturated heterocycles. The van der Waals surface area contributed by atoms with Crippen molar-refractivity contribution in [3.8, 4) is 0 Å². The summed E-state index contributed by atoms with van der Waals surface area (Å²) in [7, 11) is 0. The summed E-state index contributed by atoms with van der Waals surface area (Å²) in [6.45, 7) is 5.54. The number of carbonyl (C=O) groups is 9. The molecule has 3 rings (SSSR count). The molecule has 20 nitrogen and oxygen atoms in total. The van der Waals surface area contributed by atoms with Gasteiger partial charge in [0.2, 0.25) is 35.4 Å². The van der Waals surface area contributed by atoms with Crippen molar-refractivity contribution in [3.05, 3.63) is 89.7 Å². The van der Waals surface area contributed by atoms with E-state index in [2.05, 4.69) is 42.2 Å². The van der Waals surface area contributed by atoms with Gasteiger partial charge < -0.3 is 53.2 Å². The molecular weight excluding hydrogens is 867 g/mol. The molecule has 0 radical (unpaired) electrons. The highest BCUT2D eigenvalue weighted by Crippen LogP contribution is 2.16. The zero-order valence-corrected chi connectivity index (χ0v) is 38.1. The zero-order valence-electron chi connectivity index (χ0n) is 38.1. The Morgan fingerprint density at radius 2 is 1.31 bits per heavy atom. The first kappa shape index (κ1) is 54.0. The summed E-state index contributed by atoms with van der Waals surface area (Å²) < 4.78 is 0. The average Bonchev–Trinajstić information content (AvgIpc) is 3.29. The van der Waals surface area contributed by atoms with Crippen molar-refractivity contribution >= 4 is 64.8 Å². The Kier molecular flexibility index (Phi) is 23.0. The van der Waals surface area contributed by atoms with E-state index in [1.807, 2.05) is 25.1 Å². The van der Waals surface area contributed by atoms with Crippen LogP contribution in [0.15, 0.2) is 73.1 Å². The minimum atomic E-state index is -1.49. The number of benzene rings is 2. The molecule has 0 saturated carbocycles. The summed E-state index contributed by atoms with van der Waals surface area (Å²) in [5.74, 6) is -7.07. The molecule has 11 N–H and O–H groups in total. The molecule has 1 heterocycles. The van der Waals surface area contributed by atoms with Crippen LogP contribution in [0.4, 0.5) is 16.2 Å². The monoisotopic (exact) mass is 929 g/mol. The van der Waals surface area contributed by atoms with Crippen molar-refractivity contribution in [1.29, 1.82) is 0 Å². The summed E-state index contributed by atoms with van der Waals surface area (Å²) in [4.78, 5) is 119. The number of carboxylic acid groups (broad SMARTS) is 2. The van der Waals surface area contributed by atoms with Crippen LogP contribution >= 0.6 is 0 Å². The molecule has 1 unspecified atom stereocenters. The first-order chi connectivity index (χ1) is 31.9. The van der Waals surface area contributed by atoms with Crippen LogP contribution in [0.5, 0.6) is 0 Å². The maximum absolute atomic E-state index is 14.0. The molecule has 3 aromatic rings. The first-order valence-electron chi connectivity index (χ1n) is 22.3. The van der Waals surface area contributed by atoms with Gasteiger partial charge in [-0.2, -0.15) is 0 Å². The Morgan fingerprint density at radius 1 is 0.657 bits per heavy atom. The van der Waals surface area contributed by atoms with E-state index >= 15 is 0 Å². The maximum atomic E-state index is 14.0. The Balaban J connectivity index is 1.74. The summed E-state index contributed by atoms with van der Waals surface area (Å²) in [6.07, 6.45) is 3.80. The van der Waals surface area contributed by atoms with E-state index in [0.29, 0.717) is 42.6 Å². The third-order valence-electron chi connectivity index (χ3n) is 10.8. The Bertz CT molecular complexity index is 2160. The van der Waals surface area contributed by atoms with E-state index in [-0.39, 0.29) is 51.0 Å². The fraction of sp³-hybridized carbons (Fsp3) is 0.447. The highest BCUT2D eigenvalue weighted by Gasteiger charge is 2.33. The molecular formula is C47H63N9O11. The van der Waals surface area contributed by atoms with Crippen LogP contribution in [0.1, 0.15) is 94.7 Å². The van der Waals surface area contributed by atoms with Gasteiger partial charge in [0.15, 0.2) is 0 Å². The number of anilines is 2. The van der Waals surface area contributed by atoms with E-state index < -0.39 is 90.4 Å². The van der Waals surface area contributed by atoms with Gasteiger partial charge in [0.25, 0.3) is 0 Å². The fourth-order valence-electron chi connectivity index (χ4n) is 6.77. The number of hydrogen-bond acceptors (Lipinski definition) is 10. The van der Waals surface area contributed by atoms with E-state index in [0.717, 1.165) is 11.1 Å². The molecule has 5 atom stereocenters. The zero-order chi connectivity index (χ0) is 49.3. The number of aromatic nitrogens is 1. The van der Waals surface area contributed by atoms with E-state index in [4.69, 9.17) is 10.8 Å². The number of nitrogens with one attached hydrogen (secondary N) is 7. The molecule has 8 amide bonds. The van der Waals surface area contributed by atoms with Crippen molar-refractivity contribution in [1.82, 2.24) is 31.6 Å². The molecule has 20 heteroatoms. The Hall–Kier alpha value is -7.38. The van der Waals surface area contributed by atoms with E-state index in [1.165, 1.54) is 0 Å².